The molecule has 2 heterocycles. The molecule has 0 aromatic carbocycles. The third-order valence-electron chi connectivity index (χ3n) is 3.74. The molecule has 0 spiro atoms. The fraction of sp³-hybridized carbons (Fsp3) is 0.769. The Morgan fingerprint density at radius 1 is 1.43 bits per heavy atom. The van der Waals surface area contributed by atoms with Gasteiger partial charge in [0.1, 0.15) is 4.90 Å². The van der Waals surface area contributed by atoms with E-state index in [1.54, 1.807) is 22.3 Å². The maximum atomic E-state index is 12.6. The van der Waals surface area contributed by atoms with E-state index in [9.17, 15) is 8.42 Å². The highest BCUT2D eigenvalue weighted by Crippen LogP contribution is 2.23. The lowest BCUT2D eigenvalue weighted by Crippen LogP contribution is -2.39. The number of halogens is 1. The van der Waals surface area contributed by atoms with Crippen molar-refractivity contribution in [2.24, 2.45) is 5.92 Å². The number of nitrogens with zero attached hydrogens (tertiary/aromatic N) is 3. The van der Waals surface area contributed by atoms with Crippen molar-refractivity contribution in [2.75, 3.05) is 32.7 Å². The molecule has 0 amide bonds. The van der Waals surface area contributed by atoms with Crippen LogP contribution in [0.4, 0.5) is 0 Å². The number of ether oxygens (including phenoxy) is 1. The van der Waals surface area contributed by atoms with E-state index in [0.29, 0.717) is 38.0 Å². The first-order valence-corrected chi connectivity index (χ1v) is 9.13. The van der Waals surface area contributed by atoms with E-state index in [4.69, 9.17) is 16.3 Å². The minimum atomic E-state index is -3.43. The summed E-state index contributed by atoms with van der Waals surface area (Å²) in [6, 6.07) is 0. The number of aromatic nitrogens is 2. The third-order valence-corrected chi connectivity index (χ3v) is 5.86. The average molecular weight is 336 g/mol. The average Bonchev–Trinajstić information content (AvgIpc) is 2.96. The lowest BCUT2D eigenvalue weighted by atomic mass is 9.99. The minimum absolute atomic E-state index is 0.266. The van der Waals surface area contributed by atoms with Gasteiger partial charge in [-0.3, -0.25) is 4.68 Å². The van der Waals surface area contributed by atoms with E-state index < -0.39 is 10.0 Å². The van der Waals surface area contributed by atoms with Gasteiger partial charge in [-0.2, -0.15) is 9.40 Å². The second-order valence-corrected chi connectivity index (χ2v) is 7.60. The Kier molecular flexibility index (Phi) is 6.04. The topological polar surface area (TPSA) is 64.4 Å². The summed E-state index contributed by atoms with van der Waals surface area (Å²) < 4.78 is 33.4. The highest BCUT2D eigenvalue weighted by molar-refractivity contribution is 7.89. The Labute approximate surface area is 131 Å². The van der Waals surface area contributed by atoms with Gasteiger partial charge in [0.05, 0.1) is 6.20 Å². The molecule has 120 valence electrons. The molecule has 6 nitrogen and oxygen atoms in total. The maximum Gasteiger partial charge on any atom is 0.246 e. The molecule has 0 atom stereocenters. The van der Waals surface area contributed by atoms with Gasteiger partial charge in [0.15, 0.2) is 0 Å². The summed E-state index contributed by atoms with van der Waals surface area (Å²) in [6.45, 7) is 2.42. The SMILES string of the molecule is COCC1CCN(S(=O)(=O)c2cnn(CCCCl)c2)CC1. The van der Waals surface area contributed by atoms with Crippen molar-refractivity contribution in [1.82, 2.24) is 14.1 Å². The van der Waals surface area contributed by atoms with Gasteiger partial charge in [-0.1, -0.05) is 0 Å². The van der Waals surface area contributed by atoms with Gasteiger partial charge in [0, 0.05) is 45.4 Å². The molecule has 0 unspecified atom stereocenters. The molecule has 1 saturated heterocycles. The summed E-state index contributed by atoms with van der Waals surface area (Å²) in [4.78, 5) is 0.266. The normalized spacial score (nSPS) is 18.2. The van der Waals surface area contributed by atoms with Crippen LogP contribution in [-0.4, -0.2) is 55.2 Å². The summed E-state index contributed by atoms with van der Waals surface area (Å²) in [6.07, 6.45) is 5.46. The predicted molar refractivity (Wildman–Crippen MR) is 80.9 cm³/mol. The fourth-order valence-corrected chi connectivity index (χ4v) is 4.07. The number of sulfonamides is 1. The molecule has 8 heteroatoms. The largest absolute Gasteiger partial charge is 0.384 e. The van der Waals surface area contributed by atoms with E-state index in [2.05, 4.69) is 5.10 Å². The second kappa shape index (κ2) is 7.58. The van der Waals surface area contributed by atoms with Crippen LogP contribution in [-0.2, 0) is 21.3 Å². The molecule has 0 N–H and O–H groups in total. The summed E-state index contributed by atoms with van der Waals surface area (Å²) in [5, 5.41) is 4.09. The first-order chi connectivity index (χ1) is 10.1. The molecule has 1 fully saturated rings. The Bertz CT molecular complexity index is 539. The van der Waals surface area contributed by atoms with E-state index in [0.717, 1.165) is 19.3 Å². The van der Waals surface area contributed by atoms with Crippen molar-refractivity contribution >= 4 is 21.6 Å². The third kappa shape index (κ3) is 4.18. The Balaban J connectivity index is 2.00. The van der Waals surface area contributed by atoms with E-state index in [1.165, 1.54) is 6.20 Å². The number of methoxy groups -OCH3 is 1. The molecule has 21 heavy (non-hydrogen) atoms. The van der Waals surface area contributed by atoms with Crippen molar-refractivity contribution < 1.29 is 13.2 Å². The van der Waals surface area contributed by atoms with E-state index >= 15 is 0 Å². The van der Waals surface area contributed by atoms with Crippen LogP contribution in [0.5, 0.6) is 0 Å². The highest BCUT2D eigenvalue weighted by Gasteiger charge is 2.30. The van der Waals surface area contributed by atoms with Gasteiger partial charge in [0.25, 0.3) is 0 Å². The summed E-state index contributed by atoms with van der Waals surface area (Å²) >= 11 is 5.63. The fourth-order valence-electron chi connectivity index (χ4n) is 2.52. The van der Waals surface area contributed by atoms with Crippen molar-refractivity contribution in [1.29, 1.82) is 0 Å². The molecule has 1 aliphatic heterocycles. The second-order valence-electron chi connectivity index (χ2n) is 5.28. The Hall–Kier alpha value is -0.630. The quantitative estimate of drug-likeness (QED) is 0.709. The molecule has 0 bridgehead atoms. The zero-order valence-corrected chi connectivity index (χ0v) is 13.8. The van der Waals surface area contributed by atoms with Crippen LogP contribution in [0.25, 0.3) is 0 Å². The number of hydrogen-bond donors (Lipinski definition) is 0. The number of aryl methyl sites for hydroxylation is 1. The maximum absolute atomic E-state index is 12.6. The minimum Gasteiger partial charge on any atom is -0.384 e. The van der Waals surface area contributed by atoms with Gasteiger partial charge in [-0.15, -0.1) is 11.6 Å². The molecule has 2 rings (SSSR count). The van der Waals surface area contributed by atoms with E-state index in [-0.39, 0.29) is 4.90 Å². The van der Waals surface area contributed by atoms with Crippen molar-refractivity contribution in [3.63, 3.8) is 0 Å². The first kappa shape index (κ1) is 16.7. The number of piperidine rings is 1. The summed E-state index contributed by atoms with van der Waals surface area (Å²) in [5.41, 5.74) is 0. The van der Waals surface area contributed by atoms with Crippen molar-refractivity contribution in [3.05, 3.63) is 12.4 Å². The number of hydrogen-bond acceptors (Lipinski definition) is 4. The Morgan fingerprint density at radius 3 is 2.76 bits per heavy atom. The molecule has 1 aliphatic rings. The van der Waals surface area contributed by atoms with Crippen LogP contribution >= 0.6 is 11.6 Å². The highest BCUT2D eigenvalue weighted by atomic mass is 35.5. The lowest BCUT2D eigenvalue weighted by Gasteiger charge is -2.30. The molecule has 0 radical (unpaired) electrons. The zero-order valence-electron chi connectivity index (χ0n) is 12.2. The molecular formula is C13H22ClN3O3S. The van der Waals surface area contributed by atoms with Gasteiger partial charge >= 0.3 is 0 Å². The summed E-state index contributed by atoms with van der Waals surface area (Å²) in [5.74, 6) is 0.988. The molecular weight excluding hydrogens is 314 g/mol. The van der Waals surface area contributed by atoms with Crippen molar-refractivity contribution in [3.8, 4) is 0 Å². The zero-order chi connectivity index (χ0) is 15.3. The Morgan fingerprint density at radius 2 is 2.14 bits per heavy atom. The van der Waals surface area contributed by atoms with Gasteiger partial charge in [-0.05, 0) is 25.2 Å². The van der Waals surface area contributed by atoms with Crippen LogP contribution < -0.4 is 0 Å². The number of alkyl halides is 1. The first-order valence-electron chi connectivity index (χ1n) is 7.15. The molecule has 0 aliphatic carbocycles. The monoisotopic (exact) mass is 335 g/mol. The van der Waals surface area contributed by atoms with Gasteiger partial charge in [-0.25, -0.2) is 8.42 Å². The van der Waals surface area contributed by atoms with Crippen molar-refractivity contribution in [2.45, 2.75) is 30.7 Å². The number of rotatable bonds is 7. The summed E-state index contributed by atoms with van der Waals surface area (Å²) in [7, 11) is -1.75. The van der Waals surface area contributed by atoms with Crippen LogP contribution in [0.2, 0.25) is 0 Å². The lowest BCUT2D eigenvalue weighted by molar-refractivity contribution is 0.121. The van der Waals surface area contributed by atoms with Crippen LogP contribution in [0.1, 0.15) is 19.3 Å². The molecule has 1 aromatic rings. The van der Waals surface area contributed by atoms with Crippen LogP contribution in [0.15, 0.2) is 17.3 Å². The van der Waals surface area contributed by atoms with Gasteiger partial charge < -0.3 is 4.74 Å². The van der Waals surface area contributed by atoms with E-state index in [1.807, 2.05) is 0 Å². The predicted octanol–water partition coefficient (Wildman–Crippen LogP) is 1.56. The molecule has 0 saturated carbocycles. The van der Waals surface area contributed by atoms with Gasteiger partial charge in [0.2, 0.25) is 10.0 Å². The molecule has 1 aromatic heterocycles. The van der Waals surface area contributed by atoms with Crippen LogP contribution in [0.3, 0.4) is 0 Å². The standard InChI is InChI=1S/C13H22ClN3O3S/c1-20-11-12-3-7-17(8-4-12)21(18,19)13-9-15-16(10-13)6-2-5-14/h9-10,12H,2-8,11H2,1H3. The smallest absolute Gasteiger partial charge is 0.246 e. The van der Waals surface area contributed by atoms with Crippen LogP contribution in [0, 0.1) is 5.92 Å².